The molecular weight excluding hydrogens is 341 g/mol. The van der Waals surface area contributed by atoms with Gasteiger partial charge in [-0.3, -0.25) is 9.59 Å². The lowest BCUT2D eigenvalue weighted by Crippen LogP contribution is -2.51. The molecule has 0 saturated carbocycles. The molecule has 5 nitrogen and oxygen atoms in total. The molecule has 0 radical (unpaired) electrons. The van der Waals surface area contributed by atoms with Gasteiger partial charge in [-0.15, -0.1) is 11.8 Å². The minimum absolute atomic E-state index is 0.0675. The Bertz CT molecular complexity index is 607. The molecular formula is C18H26FN3O2S. The second-order valence-electron chi connectivity index (χ2n) is 6.80. The van der Waals surface area contributed by atoms with Crippen LogP contribution in [-0.4, -0.2) is 66.0 Å². The first-order chi connectivity index (χ1) is 11.8. The average Bonchev–Trinajstić information content (AvgIpc) is 2.99. The minimum atomic E-state index is -0.503. The van der Waals surface area contributed by atoms with E-state index in [4.69, 9.17) is 0 Å². The Hall–Kier alpha value is -1.60. The highest BCUT2D eigenvalue weighted by Gasteiger charge is 2.42. The topological polar surface area (TPSA) is 52.7 Å². The largest absolute Gasteiger partial charge is 0.353 e. The Kier molecular flexibility index (Phi) is 6.84. The Balaban J connectivity index is 2.16. The van der Waals surface area contributed by atoms with Crippen LogP contribution in [0.25, 0.3) is 0 Å². The first-order valence-corrected chi connectivity index (χ1v) is 9.48. The summed E-state index contributed by atoms with van der Waals surface area (Å²) in [7, 11) is 3.88. The van der Waals surface area contributed by atoms with E-state index in [0.29, 0.717) is 17.9 Å². The van der Waals surface area contributed by atoms with Crippen molar-refractivity contribution >= 4 is 23.6 Å². The molecule has 1 heterocycles. The summed E-state index contributed by atoms with van der Waals surface area (Å²) in [5.74, 6) is 0.0490. The SMILES string of the molecule is CC(C)[C@@H]1SC[C@@H](C(=O)NCCN(C)C)N1C(=O)c1ccc(F)cc1. The molecule has 0 aliphatic carbocycles. The predicted molar refractivity (Wildman–Crippen MR) is 99.0 cm³/mol. The molecule has 1 N–H and O–H groups in total. The molecule has 0 spiro atoms. The van der Waals surface area contributed by atoms with Crippen molar-refractivity contribution in [2.45, 2.75) is 25.3 Å². The summed E-state index contributed by atoms with van der Waals surface area (Å²) in [6.07, 6.45) is 0. The Morgan fingerprint density at radius 1 is 1.32 bits per heavy atom. The highest BCUT2D eigenvalue weighted by molar-refractivity contribution is 8.00. The highest BCUT2D eigenvalue weighted by Crippen LogP contribution is 2.35. The molecule has 0 bridgehead atoms. The number of amides is 2. The number of nitrogens with zero attached hydrogens (tertiary/aromatic N) is 2. The zero-order chi connectivity index (χ0) is 18.6. The van der Waals surface area contributed by atoms with E-state index >= 15 is 0 Å². The van der Waals surface area contributed by atoms with Crippen molar-refractivity contribution < 1.29 is 14.0 Å². The van der Waals surface area contributed by atoms with Gasteiger partial charge in [0, 0.05) is 24.4 Å². The molecule has 1 aliphatic rings. The number of nitrogens with one attached hydrogen (secondary N) is 1. The molecule has 138 valence electrons. The fourth-order valence-corrected chi connectivity index (χ4v) is 4.24. The van der Waals surface area contributed by atoms with Crippen LogP contribution in [0.15, 0.2) is 24.3 Å². The van der Waals surface area contributed by atoms with Crippen LogP contribution in [0.3, 0.4) is 0 Å². The molecule has 1 aliphatic heterocycles. The maximum Gasteiger partial charge on any atom is 0.255 e. The van der Waals surface area contributed by atoms with Gasteiger partial charge in [0.25, 0.3) is 5.91 Å². The molecule has 2 atom stereocenters. The van der Waals surface area contributed by atoms with Crippen molar-refractivity contribution in [3.8, 4) is 0 Å². The predicted octanol–water partition coefficient (Wildman–Crippen LogP) is 2.04. The number of carbonyl (C=O) groups is 2. The third-order valence-corrected chi connectivity index (χ3v) is 5.71. The van der Waals surface area contributed by atoms with Crippen molar-refractivity contribution in [3.63, 3.8) is 0 Å². The zero-order valence-electron chi connectivity index (χ0n) is 15.2. The molecule has 1 fully saturated rings. The first kappa shape index (κ1) is 19.7. The summed E-state index contributed by atoms with van der Waals surface area (Å²) in [6, 6.07) is 4.98. The smallest absolute Gasteiger partial charge is 0.255 e. The van der Waals surface area contributed by atoms with E-state index in [9.17, 15) is 14.0 Å². The van der Waals surface area contributed by atoms with Gasteiger partial charge in [0.15, 0.2) is 0 Å². The minimum Gasteiger partial charge on any atom is -0.353 e. The first-order valence-electron chi connectivity index (χ1n) is 8.43. The van der Waals surface area contributed by atoms with E-state index in [1.807, 2.05) is 32.8 Å². The fraction of sp³-hybridized carbons (Fsp3) is 0.556. The Labute approximate surface area is 152 Å². The molecule has 0 aromatic heterocycles. The van der Waals surface area contributed by atoms with E-state index in [0.717, 1.165) is 6.54 Å². The molecule has 1 aromatic rings. The number of carbonyl (C=O) groups excluding carboxylic acids is 2. The van der Waals surface area contributed by atoms with Crippen LogP contribution >= 0.6 is 11.8 Å². The van der Waals surface area contributed by atoms with E-state index in [-0.39, 0.29) is 28.9 Å². The lowest BCUT2D eigenvalue weighted by molar-refractivity contribution is -0.125. The number of thioether (sulfide) groups is 1. The normalized spacial score (nSPS) is 20.4. The van der Waals surface area contributed by atoms with Gasteiger partial charge in [0.2, 0.25) is 5.91 Å². The molecule has 0 unspecified atom stereocenters. The fourth-order valence-electron chi connectivity index (χ4n) is 2.76. The van der Waals surface area contributed by atoms with Crippen LogP contribution in [-0.2, 0) is 4.79 Å². The number of hydrogen-bond acceptors (Lipinski definition) is 4. The Morgan fingerprint density at radius 2 is 1.96 bits per heavy atom. The van der Waals surface area contributed by atoms with Gasteiger partial charge in [0.05, 0.1) is 5.37 Å². The second kappa shape index (κ2) is 8.67. The monoisotopic (exact) mass is 367 g/mol. The van der Waals surface area contributed by atoms with Crippen LogP contribution in [0.4, 0.5) is 4.39 Å². The summed E-state index contributed by atoms with van der Waals surface area (Å²) in [4.78, 5) is 29.2. The van der Waals surface area contributed by atoms with Crippen LogP contribution in [0.1, 0.15) is 24.2 Å². The van der Waals surface area contributed by atoms with Gasteiger partial charge in [-0.05, 0) is 44.3 Å². The molecule has 25 heavy (non-hydrogen) atoms. The van der Waals surface area contributed by atoms with E-state index < -0.39 is 6.04 Å². The van der Waals surface area contributed by atoms with E-state index in [1.54, 1.807) is 16.7 Å². The third kappa shape index (κ3) is 4.95. The molecule has 1 aromatic carbocycles. The quantitative estimate of drug-likeness (QED) is 0.836. The lowest BCUT2D eigenvalue weighted by atomic mass is 10.1. The van der Waals surface area contributed by atoms with Crippen molar-refractivity contribution in [2.24, 2.45) is 5.92 Å². The Morgan fingerprint density at radius 3 is 2.52 bits per heavy atom. The van der Waals surface area contributed by atoms with Crippen molar-refractivity contribution in [2.75, 3.05) is 32.9 Å². The van der Waals surface area contributed by atoms with E-state index in [2.05, 4.69) is 5.32 Å². The second-order valence-corrected chi connectivity index (χ2v) is 7.95. The van der Waals surface area contributed by atoms with E-state index in [1.165, 1.54) is 24.3 Å². The van der Waals surface area contributed by atoms with Crippen molar-refractivity contribution in [3.05, 3.63) is 35.6 Å². The summed E-state index contributed by atoms with van der Waals surface area (Å²) < 4.78 is 13.1. The summed E-state index contributed by atoms with van der Waals surface area (Å²) in [6.45, 7) is 5.35. The molecule has 2 amide bonds. The zero-order valence-corrected chi connectivity index (χ0v) is 16.0. The molecule has 1 saturated heterocycles. The van der Waals surface area contributed by atoms with Crippen molar-refractivity contribution in [1.29, 1.82) is 0 Å². The summed E-state index contributed by atoms with van der Waals surface area (Å²) in [5, 5.41) is 2.85. The average molecular weight is 367 g/mol. The molecule has 7 heteroatoms. The maximum absolute atomic E-state index is 13.1. The lowest BCUT2D eigenvalue weighted by Gasteiger charge is -2.31. The van der Waals surface area contributed by atoms with Crippen LogP contribution in [0.5, 0.6) is 0 Å². The third-order valence-electron chi connectivity index (χ3n) is 4.09. The van der Waals surface area contributed by atoms with Gasteiger partial charge in [-0.2, -0.15) is 0 Å². The van der Waals surface area contributed by atoms with Gasteiger partial charge in [-0.1, -0.05) is 13.8 Å². The van der Waals surface area contributed by atoms with Gasteiger partial charge in [0.1, 0.15) is 11.9 Å². The van der Waals surface area contributed by atoms with Crippen molar-refractivity contribution in [1.82, 2.24) is 15.1 Å². The van der Waals surface area contributed by atoms with Crippen LogP contribution in [0, 0.1) is 11.7 Å². The van der Waals surface area contributed by atoms with Crippen LogP contribution < -0.4 is 5.32 Å². The number of hydrogen-bond donors (Lipinski definition) is 1. The van der Waals surface area contributed by atoms with Gasteiger partial charge in [-0.25, -0.2) is 4.39 Å². The number of benzene rings is 1. The molecule has 2 rings (SSSR count). The summed E-state index contributed by atoms with van der Waals surface area (Å²) in [5.41, 5.74) is 0.403. The number of rotatable bonds is 6. The van der Waals surface area contributed by atoms with Gasteiger partial charge < -0.3 is 15.1 Å². The number of likely N-dealkylation sites (N-methyl/N-ethyl adjacent to an activating group) is 1. The standard InChI is InChI=1S/C18H26FN3O2S/c1-12(2)18-22(17(24)13-5-7-14(19)8-6-13)15(11-25-18)16(23)20-9-10-21(3)4/h5-8,12,15,18H,9-11H2,1-4H3,(H,20,23)/t15-,18-/m0/s1. The van der Waals surface area contributed by atoms with Crippen LogP contribution in [0.2, 0.25) is 0 Å². The number of halogens is 1. The highest BCUT2D eigenvalue weighted by atomic mass is 32.2. The maximum atomic E-state index is 13.1. The summed E-state index contributed by atoms with van der Waals surface area (Å²) >= 11 is 1.62. The van der Waals surface area contributed by atoms with Gasteiger partial charge >= 0.3 is 0 Å².